The zero-order valence-corrected chi connectivity index (χ0v) is 12.5. The van der Waals surface area contributed by atoms with E-state index in [1.165, 1.54) is 43.2 Å². The van der Waals surface area contributed by atoms with Crippen molar-refractivity contribution >= 4 is 0 Å². The van der Waals surface area contributed by atoms with Crippen LogP contribution in [0.25, 0.3) is 0 Å². The van der Waals surface area contributed by atoms with Crippen LogP contribution < -0.4 is 5.32 Å². The highest BCUT2D eigenvalue weighted by molar-refractivity contribution is 5.25. The molecule has 0 bridgehead atoms. The van der Waals surface area contributed by atoms with E-state index >= 15 is 0 Å². The SMILES string of the molecule is C=CCCCCCC(NCCC)c1ccncc1C. The smallest absolute Gasteiger partial charge is 0.0323 e. The Kier molecular flexibility index (Phi) is 8.15. The molecule has 0 aliphatic carbocycles. The van der Waals surface area contributed by atoms with Crippen LogP contribution in [0.15, 0.2) is 31.1 Å². The number of rotatable bonds is 10. The summed E-state index contributed by atoms with van der Waals surface area (Å²) in [4.78, 5) is 4.19. The van der Waals surface area contributed by atoms with Crippen LogP contribution in [-0.4, -0.2) is 11.5 Å². The molecule has 1 aromatic heterocycles. The van der Waals surface area contributed by atoms with Crippen LogP contribution in [0.2, 0.25) is 0 Å². The van der Waals surface area contributed by atoms with E-state index in [2.05, 4.69) is 36.8 Å². The van der Waals surface area contributed by atoms with Crippen molar-refractivity contribution < 1.29 is 0 Å². The highest BCUT2D eigenvalue weighted by Gasteiger charge is 2.12. The number of aryl methyl sites for hydroxylation is 1. The van der Waals surface area contributed by atoms with Gasteiger partial charge in [0.15, 0.2) is 0 Å². The van der Waals surface area contributed by atoms with Crippen molar-refractivity contribution in [2.24, 2.45) is 0 Å². The van der Waals surface area contributed by atoms with E-state index in [1.54, 1.807) is 0 Å². The molecule has 0 amide bonds. The van der Waals surface area contributed by atoms with Crippen molar-refractivity contribution in [2.45, 2.75) is 58.4 Å². The van der Waals surface area contributed by atoms with E-state index in [0.29, 0.717) is 6.04 Å². The molecule has 0 spiro atoms. The van der Waals surface area contributed by atoms with Crippen molar-refractivity contribution in [1.29, 1.82) is 0 Å². The average Bonchev–Trinajstić information content (AvgIpc) is 2.43. The molecule has 106 valence electrons. The Hall–Kier alpha value is -1.15. The fourth-order valence-electron chi connectivity index (χ4n) is 2.38. The van der Waals surface area contributed by atoms with E-state index < -0.39 is 0 Å². The van der Waals surface area contributed by atoms with Crippen LogP contribution in [0.1, 0.15) is 62.6 Å². The summed E-state index contributed by atoms with van der Waals surface area (Å²) in [5.74, 6) is 0. The van der Waals surface area contributed by atoms with Crippen molar-refractivity contribution in [3.05, 3.63) is 42.2 Å². The highest BCUT2D eigenvalue weighted by Crippen LogP contribution is 2.22. The second kappa shape index (κ2) is 9.74. The molecule has 2 nitrogen and oxygen atoms in total. The first-order valence-electron chi connectivity index (χ1n) is 7.54. The lowest BCUT2D eigenvalue weighted by Gasteiger charge is -2.20. The lowest BCUT2D eigenvalue weighted by Crippen LogP contribution is -2.23. The highest BCUT2D eigenvalue weighted by atomic mass is 14.9. The lowest BCUT2D eigenvalue weighted by atomic mass is 9.97. The maximum absolute atomic E-state index is 4.19. The number of aromatic nitrogens is 1. The van der Waals surface area contributed by atoms with Gasteiger partial charge in [-0.2, -0.15) is 0 Å². The summed E-state index contributed by atoms with van der Waals surface area (Å²) in [6, 6.07) is 2.64. The van der Waals surface area contributed by atoms with Crippen molar-refractivity contribution in [3.63, 3.8) is 0 Å². The van der Waals surface area contributed by atoms with E-state index in [-0.39, 0.29) is 0 Å². The van der Waals surface area contributed by atoms with E-state index in [0.717, 1.165) is 13.0 Å². The summed E-state index contributed by atoms with van der Waals surface area (Å²) in [5.41, 5.74) is 2.70. The maximum Gasteiger partial charge on any atom is 0.0323 e. The van der Waals surface area contributed by atoms with Crippen molar-refractivity contribution in [2.75, 3.05) is 6.54 Å². The normalized spacial score (nSPS) is 12.3. The summed E-state index contributed by atoms with van der Waals surface area (Å²) < 4.78 is 0. The van der Waals surface area contributed by atoms with Crippen LogP contribution >= 0.6 is 0 Å². The van der Waals surface area contributed by atoms with Crippen molar-refractivity contribution in [1.82, 2.24) is 10.3 Å². The summed E-state index contributed by atoms with van der Waals surface area (Å²) in [5, 5.41) is 3.67. The predicted molar refractivity (Wildman–Crippen MR) is 83.3 cm³/mol. The number of hydrogen-bond acceptors (Lipinski definition) is 2. The summed E-state index contributed by atoms with van der Waals surface area (Å²) in [6.07, 6.45) is 13.2. The molecular formula is C17H28N2. The molecule has 2 heteroatoms. The van der Waals surface area contributed by atoms with Crippen LogP contribution in [0, 0.1) is 6.92 Å². The Bertz CT molecular complexity index is 360. The molecule has 0 saturated heterocycles. The number of nitrogens with zero attached hydrogens (tertiary/aromatic N) is 1. The Morgan fingerprint density at radius 2 is 2.21 bits per heavy atom. The van der Waals surface area contributed by atoms with Gasteiger partial charge < -0.3 is 5.32 Å². The Labute approximate surface area is 118 Å². The zero-order valence-electron chi connectivity index (χ0n) is 12.5. The zero-order chi connectivity index (χ0) is 13.9. The van der Waals surface area contributed by atoms with Crippen molar-refractivity contribution in [3.8, 4) is 0 Å². The number of allylic oxidation sites excluding steroid dienone is 1. The Morgan fingerprint density at radius 1 is 1.37 bits per heavy atom. The molecule has 1 atom stereocenters. The molecule has 1 unspecified atom stereocenters. The van der Waals surface area contributed by atoms with Gasteiger partial charge in [-0.3, -0.25) is 4.98 Å². The average molecular weight is 260 g/mol. The lowest BCUT2D eigenvalue weighted by molar-refractivity contribution is 0.470. The van der Waals surface area contributed by atoms with Crippen LogP contribution in [0.3, 0.4) is 0 Å². The fourth-order valence-corrected chi connectivity index (χ4v) is 2.38. The predicted octanol–water partition coefficient (Wildman–Crippen LogP) is 4.57. The van der Waals surface area contributed by atoms with Gasteiger partial charge in [-0.15, -0.1) is 6.58 Å². The molecule has 0 aromatic carbocycles. The first kappa shape index (κ1) is 15.9. The molecule has 19 heavy (non-hydrogen) atoms. The minimum atomic E-state index is 0.478. The van der Waals surface area contributed by atoms with E-state index in [9.17, 15) is 0 Å². The Morgan fingerprint density at radius 3 is 2.89 bits per heavy atom. The van der Waals surface area contributed by atoms with Gasteiger partial charge in [0, 0.05) is 18.4 Å². The maximum atomic E-state index is 4.19. The molecule has 0 aliphatic rings. The monoisotopic (exact) mass is 260 g/mol. The standard InChI is InChI=1S/C17H28N2/c1-4-6-7-8-9-10-17(19-12-5-2)16-11-13-18-14-15(16)3/h4,11,13-14,17,19H,1,5-10,12H2,2-3H3. The number of hydrogen-bond donors (Lipinski definition) is 1. The molecule has 0 fully saturated rings. The minimum Gasteiger partial charge on any atom is -0.310 e. The van der Waals surface area contributed by atoms with Gasteiger partial charge in [-0.1, -0.05) is 25.8 Å². The molecular weight excluding hydrogens is 232 g/mol. The fraction of sp³-hybridized carbons (Fsp3) is 0.588. The second-order valence-electron chi connectivity index (χ2n) is 5.17. The van der Waals surface area contributed by atoms with E-state index in [4.69, 9.17) is 0 Å². The second-order valence-corrected chi connectivity index (χ2v) is 5.17. The van der Waals surface area contributed by atoms with E-state index in [1.807, 2.05) is 18.5 Å². The van der Waals surface area contributed by atoms with Gasteiger partial charge in [-0.25, -0.2) is 0 Å². The topological polar surface area (TPSA) is 24.9 Å². The third kappa shape index (κ3) is 6.02. The summed E-state index contributed by atoms with van der Waals surface area (Å²) in [7, 11) is 0. The first-order valence-corrected chi connectivity index (χ1v) is 7.54. The molecule has 1 rings (SSSR count). The third-order valence-corrected chi connectivity index (χ3v) is 3.48. The Balaban J connectivity index is 2.52. The van der Waals surface area contributed by atoms with Gasteiger partial charge >= 0.3 is 0 Å². The molecule has 1 N–H and O–H groups in total. The van der Waals surface area contributed by atoms with Gasteiger partial charge in [0.2, 0.25) is 0 Å². The summed E-state index contributed by atoms with van der Waals surface area (Å²) >= 11 is 0. The molecule has 0 radical (unpaired) electrons. The van der Waals surface area contributed by atoms with Crippen LogP contribution in [0.5, 0.6) is 0 Å². The van der Waals surface area contributed by atoms with Crippen LogP contribution in [-0.2, 0) is 0 Å². The molecule has 1 heterocycles. The molecule has 0 saturated carbocycles. The number of nitrogens with one attached hydrogen (secondary N) is 1. The number of pyridine rings is 1. The van der Waals surface area contributed by atoms with Gasteiger partial charge in [0.05, 0.1) is 0 Å². The van der Waals surface area contributed by atoms with Gasteiger partial charge in [0.1, 0.15) is 0 Å². The van der Waals surface area contributed by atoms with Gasteiger partial charge in [-0.05, 0) is 56.3 Å². The van der Waals surface area contributed by atoms with Gasteiger partial charge in [0.25, 0.3) is 0 Å². The third-order valence-electron chi connectivity index (χ3n) is 3.48. The first-order chi connectivity index (χ1) is 9.29. The molecule has 0 aliphatic heterocycles. The largest absolute Gasteiger partial charge is 0.310 e. The van der Waals surface area contributed by atoms with Crippen LogP contribution in [0.4, 0.5) is 0 Å². The number of unbranched alkanes of at least 4 members (excludes halogenated alkanes) is 3. The minimum absolute atomic E-state index is 0.478. The summed E-state index contributed by atoms with van der Waals surface area (Å²) in [6.45, 7) is 9.23. The molecule has 1 aromatic rings. The quantitative estimate of drug-likeness (QED) is 0.492.